The third-order valence-corrected chi connectivity index (χ3v) is 5.01. The third-order valence-electron chi connectivity index (χ3n) is 4.77. The summed E-state index contributed by atoms with van der Waals surface area (Å²) < 4.78 is 0. The van der Waals surface area contributed by atoms with Crippen molar-refractivity contribution in [3.8, 4) is 0 Å². The van der Waals surface area contributed by atoms with Crippen molar-refractivity contribution in [2.75, 3.05) is 0 Å². The number of carbonyl (C=O) groups excluding carboxylic acids is 1. The molecule has 3 nitrogen and oxygen atoms in total. The average molecular weight is 307 g/mol. The molecule has 2 bridgehead atoms. The van der Waals surface area contributed by atoms with Crippen LogP contribution in [-0.4, -0.2) is 18.0 Å². The summed E-state index contributed by atoms with van der Waals surface area (Å²) in [7, 11) is 0. The van der Waals surface area contributed by atoms with Crippen molar-refractivity contribution >= 4 is 17.5 Å². The molecule has 21 heavy (non-hydrogen) atoms. The number of nitrogens with one attached hydrogen (secondary N) is 2. The molecule has 1 amide bonds. The summed E-state index contributed by atoms with van der Waals surface area (Å²) in [5, 5.41) is 7.43. The highest BCUT2D eigenvalue weighted by Gasteiger charge is 2.34. The smallest absolute Gasteiger partial charge is 0.220 e. The summed E-state index contributed by atoms with van der Waals surface area (Å²) in [5.41, 5.74) is 1.06. The Bertz CT molecular complexity index is 507. The Morgan fingerprint density at radius 2 is 2.10 bits per heavy atom. The Morgan fingerprint density at radius 1 is 1.38 bits per heavy atom. The van der Waals surface area contributed by atoms with Gasteiger partial charge >= 0.3 is 0 Å². The predicted molar refractivity (Wildman–Crippen MR) is 85.3 cm³/mol. The molecule has 1 aromatic carbocycles. The first-order chi connectivity index (χ1) is 10.1. The van der Waals surface area contributed by atoms with E-state index in [0.29, 0.717) is 29.4 Å². The lowest BCUT2D eigenvalue weighted by molar-refractivity contribution is -0.122. The lowest BCUT2D eigenvalue weighted by Crippen LogP contribution is -2.40. The van der Waals surface area contributed by atoms with Crippen LogP contribution in [0.25, 0.3) is 0 Å². The maximum Gasteiger partial charge on any atom is 0.220 e. The second-order valence-corrected chi connectivity index (χ2v) is 6.96. The Balaban J connectivity index is 1.52. The third kappa shape index (κ3) is 3.78. The highest BCUT2D eigenvalue weighted by molar-refractivity contribution is 6.30. The quantitative estimate of drug-likeness (QED) is 0.894. The van der Waals surface area contributed by atoms with Crippen LogP contribution in [0, 0.1) is 5.92 Å². The topological polar surface area (TPSA) is 41.1 Å². The molecule has 2 N–H and O–H groups in total. The normalized spacial score (nSPS) is 29.1. The van der Waals surface area contributed by atoms with Crippen molar-refractivity contribution in [3.05, 3.63) is 34.9 Å². The monoisotopic (exact) mass is 306 g/mol. The molecule has 2 heterocycles. The van der Waals surface area contributed by atoms with Crippen molar-refractivity contribution < 1.29 is 4.79 Å². The molecule has 0 spiro atoms. The van der Waals surface area contributed by atoms with E-state index in [1.54, 1.807) is 0 Å². The van der Waals surface area contributed by atoms with Crippen molar-refractivity contribution in [1.82, 2.24) is 10.6 Å². The Hall–Kier alpha value is -1.06. The van der Waals surface area contributed by atoms with E-state index in [-0.39, 0.29) is 11.9 Å². The molecule has 3 atom stereocenters. The SMILES string of the molecule is C[C@@H](NC(=O)CC1CC2CCC(C1)N2)c1cccc(Cl)c1. The molecule has 2 unspecified atom stereocenters. The predicted octanol–water partition coefficient (Wildman–Crippen LogP) is 3.44. The molecule has 0 radical (unpaired) electrons. The van der Waals surface area contributed by atoms with Gasteiger partial charge in [0.1, 0.15) is 0 Å². The van der Waals surface area contributed by atoms with Gasteiger partial charge in [0.2, 0.25) is 5.91 Å². The lowest BCUT2D eigenvalue weighted by Gasteiger charge is -2.29. The molecule has 0 aromatic heterocycles. The number of hydrogen-bond donors (Lipinski definition) is 2. The van der Waals surface area contributed by atoms with Gasteiger partial charge in [0, 0.05) is 23.5 Å². The molecule has 2 saturated heterocycles. The van der Waals surface area contributed by atoms with Crippen LogP contribution in [0.5, 0.6) is 0 Å². The zero-order chi connectivity index (χ0) is 14.8. The van der Waals surface area contributed by atoms with Gasteiger partial charge in [0.05, 0.1) is 6.04 Å². The van der Waals surface area contributed by atoms with Crippen LogP contribution in [0.4, 0.5) is 0 Å². The number of amides is 1. The average Bonchev–Trinajstić information content (AvgIpc) is 2.77. The van der Waals surface area contributed by atoms with E-state index in [1.165, 1.54) is 12.8 Å². The van der Waals surface area contributed by atoms with E-state index in [1.807, 2.05) is 31.2 Å². The van der Waals surface area contributed by atoms with E-state index < -0.39 is 0 Å². The van der Waals surface area contributed by atoms with Gasteiger partial charge in [0.25, 0.3) is 0 Å². The number of rotatable bonds is 4. The molecule has 2 aliphatic heterocycles. The highest BCUT2D eigenvalue weighted by Crippen LogP contribution is 2.32. The van der Waals surface area contributed by atoms with Crippen LogP contribution in [-0.2, 0) is 4.79 Å². The minimum absolute atomic E-state index is 0.00892. The first-order valence-corrected chi connectivity index (χ1v) is 8.29. The van der Waals surface area contributed by atoms with Crippen LogP contribution in [0.2, 0.25) is 5.02 Å². The second kappa shape index (κ2) is 6.37. The van der Waals surface area contributed by atoms with Gasteiger partial charge in [0.15, 0.2) is 0 Å². The minimum Gasteiger partial charge on any atom is -0.350 e. The van der Waals surface area contributed by atoms with Gasteiger partial charge in [-0.1, -0.05) is 23.7 Å². The van der Waals surface area contributed by atoms with Gasteiger partial charge in [-0.3, -0.25) is 4.79 Å². The number of halogens is 1. The van der Waals surface area contributed by atoms with Crippen LogP contribution in [0.1, 0.15) is 50.6 Å². The number of carbonyl (C=O) groups is 1. The summed E-state index contributed by atoms with van der Waals surface area (Å²) in [5.74, 6) is 0.698. The molecular formula is C17H23ClN2O. The Morgan fingerprint density at radius 3 is 2.76 bits per heavy atom. The molecule has 114 valence electrons. The Kier molecular flexibility index (Phi) is 4.51. The minimum atomic E-state index is 0.00892. The molecule has 0 aliphatic carbocycles. The first-order valence-electron chi connectivity index (χ1n) is 7.91. The fourth-order valence-electron chi connectivity index (χ4n) is 3.76. The van der Waals surface area contributed by atoms with Gasteiger partial charge in [-0.2, -0.15) is 0 Å². The zero-order valence-electron chi connectivity index (χ0n) is 12.4. The van der Waals surface area contributed by atoms with Crippen molar-refractivity contribution in [3.63, 3.8) is 0 Å². The lowest BCUT2D eigenvalue weighted by atomic mass is 9.89. The maximum atomic E-state index is 12.2. The van der Waals surface area contributed by atoms with Gasteiger partial charge < -0.3 is 10.6 Å². The fraction of sp³-hybridized carbons (Fsp3) is 0.588. The van der Waals surface area contributed by atoms with Crippen LogP contribution in [0.15, 0.2) is 24.3 Å². The second-order valence-electron chi connectivity index (χ2n) is 6.52. The largest absolute Gasteiger partial charge is 0.350 e. The molecular weight excluding hydrogens is 284 g/mol. The molecule has 3 rings (SSSR count). The molecule has 4 heteroatoms. The fourth-order valence-corrected chi connectivity index (χ4v) is 3.96. The van der Waals surface area contributed by atoms with Crippen LogP contribution < -0.4 is 10.6 Å². The number of benzene rings is 1. The molecule has 2 fully saturated rings. The summed E-state index contributed by atoms with van der Waals surface area (Å²) in [6.45, 7) is 2.01. The van der Waals surface area contributed by atoms with Crippen molar-refractivity contribution in [1.29, 1.82) is 0 Å². The van der Waals surface area contributed by atoms with Gasteiger partial charge in [-0.25, -0.2) is 0 Å². The van der Waals surface area contributed by atoms with E-state index >= 15 is 0 Å². The van der Waals surface area contributed by atoms with E-state index in [2.05, 4.69) is 10.6 Å². The highest BCUT2D eigenvalue weighted by atomic mass is 35.5. The standard InChI is InChI=1S/C17H23ClN2O/c1-11(13-3-2-4-14(18)10-13)19-17(21)9-12-7-15-5-6-16(8-12)20-15/h2-4,10-12,15-16,20H,5-9H2,1H3,(H,19,21)/t11-,12?,15?,16?/m1/s1. The maximum absolute atomic E-state index is 12.2. The number of fused-ring (bicyclic) bond motifs is 2. The molecule has 1 aromatic rings. The Labute approximate surface area is 131 Å². The van der Waals surface area contributed by atoms with Crippen LogP contribution in [0.3, 0.4) is 0 Å². The van der Waals surface area contributed by atoms with Crippen LogP contribution >= 0.6 is 11.6 Å². The van der Waals surface area contributed by atoms with E-state index in [0.717, 1.165) is 18.4 Å². The summed E-state index contributed by atoms with van der Waals surface area (Å²) in [4.78, 5) is 12.2. The van der Waals surface area contributed by atoms with Crippen molar-refractivity contribution in [2.45, 2.75) is 57.2 Å². The summed E-state index contributed by atoms with van der Waals surface area (Å²) in [6.07, 6.45) is 5.51. The number of piperidine rings is 1. The molecule has 0 saturated carbocycles. The molecule has 2 aliphatic rings. The van der Waals surface area contributed by atoms with E-state index in [9.17, 15) is 4.79 Å². The van der Waals surface area contributed by atoms with E-state index in [4.69, 9.17) is 11.6 Å². The van der Waals surface area contributed by atoms with Gasteiger partial charge in [-0.05, 0) is 56.2 Å². The summed E-state index contributed by atoms with van der Waals surface area (Å²) >= 11 is 6.00. The summed E-state index contributed by atoms with van der Waals surface area (Å²) in [6, 6.07) is 8.99. The first kappa shape index (κ1) is 14.9. The van der Waals surface area contributed by atoms with Gasteiger partial charge in [-0.15, -0.1) is 0 Å². The number of hydrogen-bond acceptors (Lipinski definition) is 2. The zero-order valence-corrected chi connectivity index (χ0v) is 13.2. The van der Waals surface area contributed by atoms with Crippen molar-refractivity contribution in [2.24, 2.45) is 5.92 Å².